The molecule has 1 nitrogen and oxygen atoms in total. The normalized spacial score (nSPS) is 28.3. The van der Waals surface area contributed by atoms with E-state index in [-0.39, 0.29) is 0 Å². The van der Waals surface area contributed by atoms with Gasteiger partial charge in [0.15, 0.2) is 0 Å². The Kier molecular flexibility index (Phi) is 5.13. The van der Waals surface area contributed by atoms with E-state index in [2.05, 4.69) is 49.9 Å². The fourth-order valence-corrected chi connectivity index (χ4v) is 4.44. The van der Waals surface area contributed by atoms with Crippen molar-refractivity contribution in [2.45, 2.75) is 44.1 Å². The van der Waals surface area contributed by atoms with Crippen molar-refractivity contribution in [3.05, 3.63) is 35.4 Å². The van der Waals surface area contributed by atoms with Crippen LogP contribution in [0.4, 0.5) is 0 Å². The highest BCUT2D eigenvalue weighted by Gasteiger charge is 2.27. The van der Waals surface area contributed by atoms with Crippen LogP contribution in [-0.2, 0) is 5.75 Å². The lowest BCUT2D eigenvalue weighted by Gasteiger charge is -2.33. The third kappa shape index (κ3) is 3.76. The van der Waals surface area contributed by atoms with Crippen LogP contribution in [0.1, 0.15) is 37.3 Å². The van der Waals surface area contributed by atoms with Crippen molar-refractivity contribution < 1.29 is 0 Å². The molecule has 1 aliphatic carbocycles. The third-order valence-corrected chi connectivity index (χ3v) is 5.55. The van der Waals surface area contributed by atoms with E-state index in [1.807, 2.05) is 0 Å². The van der Waals surface area contributed by atoms with E-state index in [4.69, 9.17) is 5.73 Å². The molecule has 1 aromatic rings. The van der Waals surface area contributed by atoms with Gasteiger partial charge in [0.2, 0.25) is 0 Å². The van der Waals surface area contributed by atoms with Gasteiger partial charge in [0, 0.05) is 11.0 Å². The van der Waals surface area contributed by atoms with Crippen molar-refractivity contribution in [3.63, 3.8) is 0 Å². The maximum absolute atomic E-state index is 5.92. The second-order valence-electron chi connectivity index (χ2n) is 5.75. The second-order valence-corrected chi connectivity index (χ2v) is 6.98. The van der Waals surface area contributed by atoms with Gasteiger partial charge in [-0.05, 0) is 43.7 Å². The zero-order chi connectivity index (χ0) is 13.0. The summed E-state index contributed by atoms with van der Waals surface area (Å²) < 4.78 is 0. The Labute approximate surface area is 116 Å². The maximum atomic E-state index is 5.92. The van der Waals surface area contributed by atoms with Gasteiger partial charge in [0.25, 0.3) is 0 Å². The predicted octanol–water partition coefficient (Wildman–Crippen LogP) is 3.99. The largest absolute Gasteiger partial charge is 0.330 e. The molecule has 0 aliphatic heterocycles. The first-order valence-corrected chi connectivity index (χ1v) is 8.11. The molecule has 1 saturated carbocycles. The highest BCUT2D eigenvalue weighted by molar-refractivity contribution is 7.99. The summed E-state index contributed by atoms with van der Waals surface area (Å²) in [6.45, 7) is 5.41. The molecular formula is C16H25NS. The van der Waals surface area contributed by atoms with Crippen molar-refractivity contribution in [1.82, 2.24) is 0 Å². The van der Waals surface area contributed by atoms with Gasteiger partial charge in [0.1, 0.15) is 0 Å². The van der Waals surface area contributed by atoms with E-state index in [9.17, 15) is 0 Å². The molecule has 1 aliphatic rings. The van der Waals surface area contributed by atoms with E-state index < -0.39 is 0 Å². The first kappa shape index (κ1) is 14.0. The van der Waals surface area contributed by atoms with Crippen molar-refractivity contribution in [3.8, 4) is 0 Å². The molecule has 100 valence electrons. The molecule has 18 heavy (non-hydrogen) atoms. The zero-order valence-corrected chi connectivity index (χ0v) is 12.4. The topological polar surface area (TPSA) is 26.0 Å². The zero-order valence-electron chi connectivity index (χ0n) is 11.6. The summed E-state index contributed by atoms with van der Waals surface area (Å²) in [7, 11) is 0. The van der Waals surface area contributed by atoms with Gasteiger partial charge in [0.05, 0.1) is 0 Å². The first-order valence-electron chi connectivity index (χ1n) is 7.06. The lowest BCUT2D eigenvalue weighted by Crippen LogP contribution is -2.31. The Morgan fingerprint density at radius 3 is 2.89 bits per heavy atom. The lowest BCUT2D eigenvalue weighted by molar-refractivity contribution is 0.306. The minimum Gasteiger partial charge on any atom is -0.330 e. The Bertz CT molecular complexity index is 377. The summed E-state index contributed by atoms with van der Waals surface area (Å²) in [4.78, 5) is 0. The molecular weight excluding hydrogens is 238 g/mol. The average Bonchev–Trinajstić information content (AvgIpc) is 2.37. The molecule has 3 atom stereocenters. The van der Waals surface area contributed by atoms with Crippen LogP contribution in [0.5, 0.6) is 0 Å². The molecule has 0 amide bonds. The van der Waals surface area contributed by atoms with Gasteiger partial charge >= 0.3 is 0 Å². The molecule has 0 radical (unpaired) electrons. The van der Waals surface area contributed by atoms with E-state index in [0.29, 0.717) is 0 Å². The van der Waals surface area contributed by atoms with Crippen LogP contribution in [0, 0.1) is 18.8 Å². The van der Waals surface area contributed by atoms with Crippen molar-refractivity contribution in [1.29, 1.82) is 0 Å². The fraction of sp³-hybridized carbons (Fsp3) is 0.625. The lowest BCUT2D eigenvalue weighted by atomic mass is 9.82. The van der Waals surface area contributed by atoms with Gasteiger partial charge in [-0.3, -0.25) is 0 Å². The molecule has 3 unspecified atom stereocenters. The SMILES string of the molecule is Cc1cccc(CSC2CC(C)CCC2CN)c1. The van der Waals surface area contributed by atoms with E-state index >= 15 is 0 Å². The summed E-state index contributed by atoms with van der Waals surface area (Å²) >= 11 is 2.12. The fourth-order valence-electron chi connectivity index (χ4n) is 2.87. The first-order chi connectivity index (χ1) is 8.69. The van der Waals surface area contributed by atoms with Gasteiger partial charge in [-0.2, -0.15) is 11.8 Å². The minimum absolute atomic E-state index is 0.732. The summed E-state index contributed by atoms with van der Waals surface area (Å²) in [6, 6.07) is 8.87. The van der Waals surface area contributed by atoms with Crippen LogP contribution in [0.25, 0.3) is 0 Å². The van der Waals surface area contributed by atoms with Crippen LogP contribution in [0.2, 0.25) is 0 Å². The summed E-state index contributed by atoms with van der Waals surface area (Å²) in [5.41, 5.74) is 8.73. The van der Waals surface area contributed by atoms with Crippen molar-refractivity contribution >= 4 is 11.8 Å². The average molecular weight is 263 g/mol. The molecule has 1 aromatic carbocycles. The number of benzene rings is 1. The summed E-state index contributed by atoms with van der Waals surface area (Å²) in [6.07, 6.45) is 4.03. The van der Waals surface area contributed by atoms with Gasteiger partial charge in [-0.1, -0.05) is 43.2 Å². The summed E-state index contributed by atoms with van der Waals surface area (Å²) in [5, 5.41) is 0.763. The Balaban J connectivity index is 1.91. The molecule has 0 aromatic heterocycles. The molecule has 2 rings (SSSR count). The second kappa shape index (κ2) is 6.63. The number of aryl methyl sites for hydroxylation is 1. The Hall–Kier alpha value is -0.470. The Morgan fingerprint density at radius 2 is 2.17 bits per heavy atom. The monoisotopic (exact) mass is 263 g/mol. The standard InChI is InChI=1S/C16H25NS/c1-12-4-3-5-14(8-12)11-18-16-9-13(2)6-7-15(16)10-17/h3-5,8,13,15-16H,6-7,9-11,17H2,1-2H3. The van der Waals surface area contributed by atoms with Crippen LogP contribution in [0.15, 0.2) is 24.3 Å². The van der Waals surface area contributed by atoms with Crippen LogP contribution in [0.3, 0.4) is 0 Å². The molecule has 2 heteroatoms. The number of hydrogen-bond donors (Lipinski definition) is 1. The number of thioether (sulfide) groups is 1. The Morgan fingerprint density at radius 1 is 1.33 bits per heavy atom. The molecule has 0 heterocycles. The van der Waals surface area contributed by atoms with Crippen molar-refractivity contribution in [2.75, 3.05) is 6.54 Å². The molecule has 0 bridgehead atoms. The third-order valence-electron chi connectivity index (χ3n) is 4.04. The van der Waals surface area contributed by atoms with Crippen LogP contribution < -0.4 is 5.73 Å². The highest BCUT2D eigenvalue weighted by atomic mass is 32.2. The quantitative estimate of drug-likeness (QED) is 0.889. The minimum atomic E-state index is 0.732. The molecule has 0 saturated heterocycles. The number of rotatable bonds is 4. The van der Waals surface area contributed by atoms with Crippen LogP contribution in [-0.4, -0.2) is 11.8 Å². The molecule has 0 spiro atoms. The van der Waals surface area contributed by atoms with E-state index in [1.54, 1.807) is 0 Å². The molecule has 1 fully saturated rings. The molecule has 2 N–H and O–H groups in total. The maximum Gasteiger partial charge on any atom is 0.0187 e. The highest BCUT2D eigenvalue weighted by Crippen LogP contribution is 2.37. The number of nitrogens with two attached hydrogens (primary N) is 1. The predicted molar refractivity (Wildman–Crippen MR) is 81.8 cm³/mol. The van der Waals surface area contributed by atoms with Crippen molar-refractivity contribution in [2.24, 2.45) is 17.6 Å². The van der Waals surface area contributed by atoms with Crippen LogP contribution >= 0.6 is 11.8 Å². The van der Waals surface area contributed by atoms with Gasteiger partial charge in [-0.25, -0.2) is 0 Å². The van der Waals surface area contributed by atoms with E-state index in [1.165, 1.54) is 30.4 Å². The number of hydrogen-bond acceptors (Lipinski definition) is 2. The van der Waals surface area contributed by atoms with Gasteiger partial charge < -0.3 is 5.73 Å². The van der Waals surface area contributed by atoms with E-state index in [0.717, 1.165) is 29.4 Å². The smallest absolute Gasteiger partial charge is 0.0187 e. The summed E-state index contributed by atoms with van der Waals surface area (Å²) in [5.74, 6) is 2.74. The van der Waals surface area contributed by atoms with Gasteiger partial charge in [-0.15, -0.1) is 0 Å².